The number of carbonyl (C=O) groups excluding carboxylic acids is 2. The summed E-state index contributed by atoms with van der Waals surface area (Å²) in [5, 5.41) is 0. The molecule has 0 spiro atoms. The summed E-state index contributed by atoms with van der Waals surface area (Å²) in [5.41, 5.74) is 1.44. The van der Waals surface area contributed by atoms with Gasteiger partial charge in [-0.2, -0.15) is 0 Å². The number of nitrogens with zero attached hydrogens (tertiary/aromatic N) is 1. The number of hydrogen-bond acceptors (Lipinski definition) is 5. The molecule has 6 nitrogen and oxygen atoms in total. The minimum absolute atomic E-state index is 0.00740. The van der Waals surface area contributed by atoms with Crippen LogP contribution in [0.25, 0.3) is 0 Å². The van der Waals surface area contributed by atoms with E-state index in [-0.39, 0.29) is 25.0 Å². The van der Waals surface area contributed by atoms with Crippen molar-refractivity contribution in [1.29, 1.82) is 0 Å². The average Bonchev–Trinajstić information content (AvgIpc) is 2.67. The van der Waals surface area contributed by atoms with E-state index >= 15 is 0 Å². The molecule has 0 aliphatic rings. The van der Waals surface area contributed by atoms with Crippen molar-refractivity contribution in [1.82, 2.24) is 0 Å². The smallest absolute Gasteiger partial charge is 0.310 e. The number of benzene rings is 2. The number of rotatable bonds is 8. The van der Waals surface area contributed by atoms with E-state index in [0.717, 1.165) is 5.69 Å². The number of hydrogen-bond donors (Lipinski definition) is 0. The molecule has 1 amide bonds. The molecule has 0 radical (unpaired) electrons. The fraction of sp³-hybridized carbons (Fsp3) is 0.333. The molecule has 6 heteroatoms. The Kier molecular flexibility index (Phi) is 7.23. The maximum Gasteiger partial charge on any atom is 0.310 e. The number of amides is 1. The molecule has 0 fully saturated rings. The van der Waals surface area contributed by atoms with Gasteiger partial charge in [0.15, 0.2) is 6.61 Å². The lowest BCUT2D eigenvalue weighted by molar-refractivity contribution is -0.147. The monoisotopic (exact) mass is 371 g/mol. The zero-order valence-corrected chi connectivity index (χ0v) is 16.1. The summed E-state index contributed by atoms with van der Waals surface area (Å²) < 4.78 is 15.6. The van der Waals surface area contributed by atoms with Gasteiger partial charge in [0.05, 0.1) is 20.6 Å². The molecule has 0 saturated carbocycles. The zero-order valence-electron chi connectivity index (χ0n) is 16.1. The molecule has 144 valence electrons. The van der Waals surface area contributed by atoms with Crippen LogP contribution < -0.4 is 14.4 Å². The maximum absolute atomic E-state index is 12.6. The van der Waals surface area contributed by atoms with Crippen molar-refractivity contribution in [3.05, 3.63) is 54.1 Å². The van der Waals surface area contributed by atoms with Crippen LogP contribution in [0.1, 0.15) is 19.4 Å². The highest BCUT2D eigenvalue weighted by atomic mass is 16.5. The molecule has 2 aromatic carbocycles. The van der Waals surface area contributed by atoms with Crippen LogP contribution in [0.15, 0.2) is 48.5 Å². The summed E-state index contributed by atoms with van der Waals surface area (Å²) in [6, 6.07) is 14.4. The Morgan fingerprint density at radius 3 is 2.30 bits per heavy atom. The Labute approximate surface area is 159 Å². The molecular formula is C21H25NO5. The molecular weight excluding hydrogens is 346 g/mol. The van der Waals surface area contributed by atoms with Crippen LogP contribution >= 0.6 is 0 Å². The normalized spacial score (nSPS) is 10.4. The summed E-state index contributed by atoms with van der Waals surface area (Å²) in [7, 11) is 3.08. The molecule has 0 aliphatic heterocycles. The van der Waals surface area contributed by atoms with Gasteiger partial charge in [-0.3, -0.25) is 9.59 Å². The summed E-state index contributed by atoms with van der Waals surface area (Å²) in [4.78, 5) is 26.4. The van der Waals surface area contributed by atoms with Crippen molar-refractivity contribution >= 4 is 17.6 Å². The van der Waals surface area contributed by atoms with E-state index in [0.29, 0.717) is 17.1 Å². The number of ether oxygens (including phenoxy) is 3. The third-order valence-corrected chi connectivity index (χ3v) is 4.01. The van der Waals surface area contributed by atoms with E-state index in [1.54, 1.807) is 30.2 Å². The van der Waals surface area contributed by atoms with E-state index in [1.165, 1.54) is 7.11 Å². The van der Waals surface area contributed by atoms with Crippen molar-refractivity contribution in [3.63, 3.8) is 0 Å². The number of carbonyl (C=O) groups is 2. The van der Waals surface area contributed by atoms with Gasteiger partial charge < -0.3 is 19.1 Å². The largest absolute Gasteiger partial charge is 0.497 e. The van der Waals surface area contributed by atoms with Crippen LogP contribution in [0, 0.1) is 0 Å². The van der Waals surface area contributed by atoms with Crippen LogP contribution in [-0.2, 0) is 20.7 Å². The number of methoxy groups -OCH3 is 2. The first-order chi connectivity index (χ1) is 13.0. The van der Waals surface area contributed by atoms with Crippen LogP contribution in [0.3, 0.4) is 0 Å². The van der Waals surface area contributed by atoms with Crippen molar-refractivity contribution in [2.24, 2.45) is 0 Å². The van der Waals surface area contributed by atoms with Gasteiger partial charge in [-0.15, -0.1) is 0 Å². The van der Waals surface area contributed by atoms with Gasteiger partial charge in [0.2, 0.25) is 0 Å². The molecule has 2 rings (SSSR count). The molecule has 27 heavy (non-hydrogen) atoms. The predicted molar refractivity (Wildman–Crippen MR) is 103 cm³/mol. The first-order valence-corrected chi connectivity index (χ1v) is 8.70. The number of esters is 1. The molecule has 0 N–H and O–H groups in total. The average molecular weight is 371 g/mol. The first-order valence-electron chi connectivity index (χ1n) is 8.70. The number of anilines is 1. The fourth-order valence-corrected chi connectivity index (χ4v) is 2.73. The van der Waals surface area contributed by atoms with Gasteiger partial charge in [-0.25, -0.2) is 0 Å². The summed E-state index contributed by atoms with van der Waals surface area (Å²) in [6.07, 6.45) is 0.00740. The lowest BCUT2D eigenvalue weighted by Gasteiger charge is -2.26. The van der Waals surface area contributed by atoms with Crippen molar-refractivity contribution in [3.8, 4) is 11.5 Å². The van der Waals surface area contributed by atoms with Crippen LogP contribution in [0.4, 0.5) is 5.69 Å². The molecule has 0 atom stereocenters. The third kappa shape index (κ3) is 5.48. The van der Waals surface area contributed by atoms with Gasteiger partial charge in [0, 0.05) is 23.4 Å². The Balaban J connectivity index is 1.99. The highest BCUT2D eigenvalue weighted by Gasteiger charge is 2.21. The molecule has 0 aromatic heterocycles. The van der Waals surface area contributed by atoms with E-state index in [2.05, 4.69) is 0 Å². The van der Waals surface area contributed by atoms with Crippen molar-refractivity contribution < 1.29 is 23.8 Å². The maximum atomic E-state index is 12.6. The van der Waals surface area contributed by atoms with Gasteiger partial charge in [0.1, 0.15) is 11.5 Å². The highest BCUT2D eigenvalue weighted by Crippen LogP contribution is 2.25. The Hall–Kier alpha value is -3.02. The third-order valence-electron chi connectivity index (χ3n) is 4.01. The van der Waals surface area contributed by atoms with Crippen molar-refractivity contribution in [2.45, 2.75) is 26.3 Å². The molecule has 0 bridgehead atoms. The first kappa shape index (κ1) is 20.3. The van der Waals surface area contributed by atoms with Crippen LogP contribution in [-0.4, -0.2) is 38.7 Å². The standard InChI is InChI=1S/C21H25NO5/c1-15(2)22(17-8-6-5-7-9-17)20(23)14-27-21(24)12-16-10-11-18(25-3)13-19(16)26-4/h5-11,13,15H,12,14H2,1-4H3. The lowest BCUT2D eigenvalue weighted by Crippen LogP contribution is -2.40. The van der Waals surface area contributed by atoms with Crippen molar-refractivity contribution in [2.75, 3.05) is 25.7 Å². The summed E-state index contributed by atoms with van der Waals surface area (Å²) >= 11 is 0. The van der Waals surface area contributed by atoms with Gasteiger partial charge in [-0.05, 0) is 32.0 Å². The molecule has 0 heterocycles. The van der Waals surface area contributed by atoms with Gasteiger partial charge >= 0.3 is 5.97 Å². The predicted octanol–water partition coefficient (Wildman–Crippen LogP) is 3.23. The second-order valence-corrected chi connectivity index (χ2v) is 6.21. The fourth-order valence-electron chi connectivity index (χ4n) is 2.73. The summed E-state index contributed by atoms with van der Waals surface area (Å²) in [6.45, 7) is 3.51. The van der Waals surface area contributed by atoms with E-state index in [9.17, 15) is 9.59 Å². The van der Waals surface area contributed by atoms with E-state index < -0.39 is 5.97 Å². The second-order valence-electron chi connectivity index (χ2n) is 6.21. The SMILES string of the molecule is COc1ccc(CC(=O)OCC(=O)N(c2ccccc2)C(C)C)c(OC)c1. The Bertz CT molecular complexity index is 773. The minimum atomic E-state index is -0.497. The van der Waals surface area contributed by atoms with Crippen LogP contribution in [0.5, 0.6) is 11.5 Å². The molecule has 2 aromatic rings. The van der Waals surface area contributed by atoms with E-state index in [1.807, 2.05) is 44.2 Å². The molecule has 0 aliphatic carbocycles. The minimum Gasteiger partial charge on any atom is -0.497 e. The molecule has 0 saturated heterocycles. The van der Waals surface area contributed by atoms with Gasteiger partial charge in [-0.1, -0.05) is 24.3 Å². The quantitative estimate of drug-likeness (QED) is 0.667. The topological polar surface area (TPSA) is 65.1 Å². The Morgan fingerprint density at radius 1 is 1.00 bits per heavy atom. The van der Waals surface area contributed by atoms with E-state index in [4.69, 9.17) is 14.2 Å². The number of para-hydroxylation sites is 1. The lowest BCUT2D eigenvalue weighted by atomic mass is 10.1. The summed E-state index contributed by atoms with van der Waals surface area (Å²) in [5.74, 6) is 0.398. The highest BCUT2D eigenvalue weighted by molar-refractivity contribution is 5.95. The molecule has 0 unspecified atom stereocenters. The Morgan fingerprint density at radius 2 is 1.70 bits per heavy atom. The van der Waals surface area contributed by atoms with Gasteiger partial charge in [0.25, 0.3) is 5.91 Å². The second kappa shape index (κ2) is 9.62. The zero-order chi connectivity index (χ0) is 19.8. The van der Waals surface area contributed by atoms with Crippen LogP contribution in [0.2, 0.25) is 0 Å².